The van der Waals surface area contributed by atoms with E-state index in [-0.39, 0.29) is 30.0 Å². The van der Waals surface area contributed by atoms with Crippen molar-refractivity contribution < 1.29 is 14.6 Å². The van der Waals surface area contributed by atoms with Crippen LogP contribution in [-0.4, -0.2) is 60.9 Å². The summed E-state index contributed by atoms with van der Waals surface area (Å²) in [4.78, 5) is 15.9. The van der Waals surface area contributed by atoms with Gasteiger partial charge in [0.15, 0.2) is 0 Å². The zero-order valence-electron chi connectivity index (χ0n) is 16.0. The summed E-state index contributed by atoms with van der Waals surface area (Å²) in [5, 5.41) is 14.6. The van der Waals surface area contributed by atoms with Gasteiger partial charge in [0.2, 0.25) is 0 Å². The molecule has 2 aliphatic carbocycles. The first-order chi connectivity index (χ1) is 12.6. The van der Waals surface area contributed by atoms with Gasteiger partial charge < -0.3 is 15.2 Å². The topological polar surface area (TPSA) is 61.8 Å². The van der Waals surface area contributed by atoms with Crippen LogP contribution in [0, 0.1) is 22.7 Å². The van der Waals surface area contributed by atoms with Gasteiger partial charge >= 0.3 is 5.97 Å². The monoisotopic (exact) mass is 360 g/mol. The number of hydrogen-bond acceptors (Lipinski definition) is 5. The van der Waals surface area contributed by atoms with Gasteiger partial charge in [-0.1, -0.05) is 24.5 Å². The summed E-state index contributed by atoms with van der Waals surface area (Å²) in [6, 6.07) is 1.08. The van der Waals surface area contributed by atoms with Crippen molar-refractivity contribution in [2.24, 2.45) is 22.7 Å². The number of piperidine rings is 1. The largest absolute Gasteiger partial charge is 0.468 e. The molecule has 0 radical (unpaired) electrons. The lowest BCUT2D eigenvalue weighted by Gasteiger charge is -2.60. The van der Waals surface area contributed by atoms with Crippen molar-refractivity contribution in [2.45, 2.75) is 63.6 Å². The summed E-state index contributed by atoms with van der Waals surface area (Å²) >= 11 is 0. The summed E-state index contributed by atoms with van der Waals surface area (Å²) in [7, 11) is 1.49. The number of carbonyl (C=O) groups excluding carboxylic acids is 1. The van der Waals surface area contributed by atoms with E-state index >= 15 is 0 Å². The van der Waals surface area contributed by atoms with Crippen LogP contribution in [0.15, 0.2) is 11.6 Å². The maximum absolute atomic E-state index is 13.2. The van der Waals surface area contributed by atoms with Crippen molar-refractivity contribution in [1.82, 2.24) is 10.2 Å². The van der Waals surface area contributed by atoms with Gasteiger partial charge in [0.25, 0.3) is 0 Å². The van der Waals surface area contributed by atoms with Crippen LogP contribution in [0.1, 0.15) is 45.4 Å². The SMILES string of the molecule is CC=C1CN2CCC34C5CCCCC5NC3C(CO)(C(=O)OC)C1CC24. The zero-order valence-corrected chi connectivity index (χ0v) is 16.0. The lowest BCUT2D eigenvalue weighted by atomic mass is 9.47. The third-order valence-corrected chi connectivity index (χ3v) is 8.89. The molecule has 144 valence electrons. The van der Waals surface area contributed by atoms with E-state index in [1.165, 1.54) is 38.4 Å². The maximum atomic E-state index is 13.2. The van der Waals surface area contributed by atoms with Crippen LogP contribution >= 0.6 is 0 Å². The van der Waals surface area contributed by atoms with Crippen molar-refractivity contribution in [3.05, 3.63) is 11.6 Å². The number of aliphatic hydroxyl groups excluding tert-OH is 1. The molecule has 3 aliphatic heterocycles. The number of carbonyl (C=O) groups is 1. The number of aliphatic hydroxyl groups is 1. The summed E-state index contributed by atoms with van der Waals surface area (Å²) in [6.07, 6.45) is 9.39. The second-order valence-corrected chi connectivity index (χ2v) is 9.29. The maximum Gasteiger partial charge on any atom is 0.316 e. The third kappa shape index (κ3) is 1.80. The van der Waals surface area contributed by atoms with E-state index in [1.807, 2.05) is 0 Å². The van der Waals surface area contributed by atoms with Crippen LogP contribution in [0.3, 0.4) is 0 Å². The Hall–Kier alpha value is -0.910. The molecule has 5 rings (SSSR count). The van der Waals surface area contributed by atoms with Crippen LogP contribution in [0.5, 0.6) is 0 Å². The van der Waals surface area contributed by atoms with Crippen LogP contribution in [0.2, 0.25) is 0 Å². The zero-order chi connectivity index (χ0) is 18.1. The van der Waals surface area contributed by atoms with Crippen molar-refractivity contribution in [2.75, 3.05) is 26.8 Å². The molecule has 1 spiro atoms. The number of hydrogen-bond donors (Lipinski definition) is 2. The number of rotatable bonds is 2. The Morgan fingerprint density at radius 1 is 1.42 bits per heavy atom. The smallest absolute Gasteiger partial charge is 0.316 e. The van der Waals surface area contributed by atoms with Gasteiger partial charge in [0.1, 0.15) is 5.41 Å². The van der Waals surface area contributed by atoms with E-state index in [4.69, 9.17) is 4.74 Å². The van der Waals surface area contributed by atoms with Crippen LogP contribution in [0.4, 0.5) is 0 Å². The fourth-order valence-corrected chi connectivity index (χ4v) is 7.98. The molecule has 5 nitrogen and oxygen atoms in total. The molecule has 0 aromatic carbocycles. The Bertz CT molecular complexity index is 649. The average Bonchev–Trinajstić information content (AvgIpc) is 3.24. The number of ether oxygens (including phenoxy) is 1. The Labute approximate surface area is 156 Å². The minimum atomic E-state index is -0.832. The molecule has 0 aromatic rings. The van der Waals surface area contributed by atoms with Crippen molar-refractivity contribution >= 4 is 5.97 Å². The summed E-state index contributed by atoms with van der Waals surface area (Å²) in [5.41, 5.74) is 0.603. The molecule has 5 heteroatoms. The molecular weight excluding hydrogens is 328 g/mol. The van der Waals surface area contributed by atoms with E-state index in [9.17, 15) is 9.90 Å². The number of allylic oxidation sites excluding steroid dienone is 1. The number of nitrogens with one attached hydrogen (secondary N) is 1. The van der Waals surface area contributed by atoms with Gasteiger partial charge in [0.05, 0.1) is 13.7 Å². The summed E-state index contributed by atoms with van der Waals surface area (Å²) in [5.74, 6) is 0.522. The fourth-order valence-electron chi connectivity index (χ4n) is 7.98. The molecule has 5 aliphatic rings. The van der Waals surface area contributed by atoms with Crippen molar-refractivity contribution in [3.8, 4) is 0 Å². The first-order valence-electron chi connectivity index (χ1n) is 10.5. The van der Waals surface area contributed by atoms with Gasteiger partial charge in [-0.2, -0.15) is 0 Å². The highest BCUT2D eigenvalue weighted by Gasteiger charge is 2.75. The minimum Gasteiger partial charge on any atom is -0.468 e. The van der Waals surface area contributed by atoms with Crippen molar-refractivity contribution in [3.63, 3.8) is 0 Å². The molecule has 5 fully saturated rings. The summed E-state index contributed by atoms with van der Waals surface area (Å²) in [6.45, 7) is 4.04. The van der Waals surface area contributed by atoms with Crippen LogP contribution in [-0.2, 0) is 9.53 Å². The molecule has 3 saturated heterocycles. The Morgan fingerprint density at radius 3 is 2.96 bits per heavy atom. The lowest BCUT2D eigenvalue weighted by molar-refractivity contribution is -0.176. The normalized spacial score (nSPS) is 51.2. The average molecular weight is 360 g/mol. The second kappa shape index (κ2) is 5.79. The van der Waals surface area contributed by atoms with E-state index < -0.39 is 5.41 Å². The van der Waals surface area contributed by atoms with Crippen molar-refractivity contribution in [1.29, 1.82) is 0 Å². The third-order valence-electron chi connectivity index (χ3n) is 8.89. The van der Waals surface area contributed by atoms with E-state index in [2.05, 4.69) is 23.2 Å². The van der Waals surface area contributed by atoms with E-state index in [0.29, 0.717) is 18.0 Å². The van der Waals surface area contributed by atoms with Gasteiger partial charge in [-0.25, -0.2) is 0 Å². The number of nitrogens with zero attached hydrogens (tertiary/aromatic N) is 1. The molecule has 0 amide bonds. The molecule has 2 bridgehead atoms. The molecule has 0 aromatic heterocycles. The second-order valence-electron chi connectivity index (χ2n) is 9.29. The molecule has 26 heavy (non-hydrogen) atoms. The Kier molecular flexibility index (Phi) is 3.83. The highest BCUT2D eigenvalue weighted by molar-refractivity contribution is 5.80. The molecular formula is C21H32N2O3. The predicted octanol–water partition coefficient (Wildman–Crippen LogP) is 1.71. The summed E-state index contributed by atoms with van der Waals surface area (Å²) < 4.78 is 5.35. The van der Waals surface area contributed by atoms with E-state index in [0.717, 1.165) is 25.9 Å². The molecule has 3 heterocycles. The molecule has 2 saturated carbocycles. The first kappa shape index (κ1) is 17.2. The van der Waals surface area contributed by atoms with Gasteiger partial charge in [-0.3, -0.25) is 9.69 Å². The predicted molar refractivity (Wildman–Crippen MR) is 98.5 cm³/mol. The van der Waals surface area contributed by atoms with Gasteiger partial charge in [-0.05, 0) is 45.1 Å². The highest BCUT2D eigenvalue weighted by Crippen LogP contribution is 2.67. The molecule has 7 atom stereocenters. The quantitative estimate of drug-likeness (QED) is 0.580. The lowest BCUT2D eigenvalue weighted by Crippen LogP contribution is -2.70. The highest BCUT2D eigenvalue weighted by atomic mass is 16.5. The first-order valence-corrected chi connectivity index (χ1v) is 10.5. The number of methoxy groups -OCH3 is 1. The van der Waals surface area contributed by atoms with Crippen LogP contribution < -0.4 is 5.32 Å². The fraction of sp³-hybridized carbons (Fsp3) is 0.857. The standard InChI is InChI=1S/C21H32N2O3/c1-3-13-11-23-9-8-20-14-6-4-5-7-16(14)22-18(20)21(12-24,19(25)26-2)15(13)10-17(20)23/h3,14-18,22,24H,4-12H2,1-2H3. The number of fused-ring (bicyclic) bond motifs is 2. The number of esters is 1. The van der Waals surface area contributed by atoms with E-state index in [1.54, 1.807) is 0 Å². The Morgan fingerprint density at radius 2 is 2.23 bits per heavy atom. The molecule has 7 unspecified atom stereocenters. The molecule has 2 N–H and O–H groups in total. The van der Waals surface area contributed by atoms with Gasteiger partial charge in [0, 0.05) is 36.0 Å². The Balaban J connectivity index is 1.71. The van der Waals surface area contributed by atoms with Crippen LogP contribution in [0.25, 0.3) is 0 Å². The van der Waals surface area contributed by atoms with Gasteiger partial charge in [-0.15, -0.1) is 0 Å². The minimum absolute atomic E-state index is 0.0320.